The van der Waals surface area contributed by atoms with Gasteiger partial charge < -0.3 is 5.11 Å². The molecule has 2 aromatic rings. The van der Waals surface area contributed by atoms with Gasteiger partial charge in [-0.2, -0.15) is 0 Å². The van der Waals surface area contributed by atoms with E-state index < -0.39 is 27.6 Å². The lowest BCUT2D eigenvalue weighted by molar-refractivity contribution is 0.0697. The topological polar surface area (TPSA) is 97.5 Å². The van der Waals surface area contributed by atoms with Crippen LogP contribution in [0.15, 0.2) is 36.4 Å². The van der Waals surface area contributed by atoms with Crippen molar-refractivity contribution in [3.05, 3.63) is 58.4 Å². The van der Waals surface area contributed by atoms with Gasteiger partial charge in [-0.1, -0.05) is 29.8 Å². The zero-order chi connectivity index (χ0) is 16.5. The highest BCUT2D eigenvalue weighted by Gasteiger charge is 2.13. The van der Waals surface area contributed by atoms with E-state index in [0.717, 1.165) is 6.07 Å². The van der Waals surface area contributed by atoms with E-state index in [1.165, 1.54) is 30.3 Å². The number of carbonyl (C=O) groups is 1. The van der Waals surface area contributed by atoms with Crippen LogP contribution < -0.4 is 5.14 Å². The highest BCUT2D eigenvalue weighted by molar-refractivity contribution is 7.88. The van der Waals surface area contributed by atoms with Crippen molar-refractivity contribution in [1.29, 1.82) is 0 Å². The second kappa shape index (κ2) is 6.04. The molecule has 116 valence electrons. The van der Waals surface area contributed by atoms with Gasteiger partial charge in [0.05, 0.1) is 16.3 Å². The Bertz CT molecular complexity index is 852. The molecule has 0 unspecified atom stereocenters. The largest absolute Gasteiger partial charge is 0.478 e. The lowest BCUT2D eigenvalue weighted by Gasteiger charge is -2.07. The highest BCUT2D eigenvalue weighted by Crippen LogP contribution is 2.27. The monoisotopic (exact) mass is 343 g/mol. The summed E-state index contributed by atoms with van der Waals surface area (Å²) in [5, 5.41) is 13.8. The van der Waals surface area contributed by atoms with Crippen LogP contribution in [0, 0.1) is 5.82 Å². The molecule has 0 radical (unpaired) electrons. The second-order valence-corrected chi connectivity index (χ2v) is 6.63. The normalized spacial score (nSPS) is 11.4. The van der Waals surface area contributed by atoms with Gasteiger partial charge in [-0.25, -0.2) is 22.7 Å². The molecule has 0 amide bonds. The number of benzene rings is 2. The fourth-order valence-electron chi connectivity index (χ4n) is 1.93. The van der Waals surface area contributed by atoms with Gasteiger partial charge in [0.2, 0.25) is 10.0 Å². The molecule has 0 saturated heterocycles. The number of halogens is 2. The van der Waals surface area contributed by atoms with Crippen LogP contribution >= 0.6 is 11.6 Å². The predicted molar refractivity (Wildman–Crippen MR) is 80.6 cm³/mol. The zero-order valence-electron chi connectivity index (χ0n) is 11.1. The summed E-state index contributed by atoms with van der Waals surface area (Å²) in [6.45, 7) is 0. The molecule has 0 spiro atoms. The van der Waals surface area contributed by atoms with Gasteiger partial charge in [-0.15, -0.1) is 0 Å². The summed E-state index contributed by atoms with van der Waals surface area (Å²) in [6.07, 6.45) is 0. The minimum Gasteiger partial charge on any atom is -0.478 e. The number of aromatic carboxylic acids is 1. The van der Waals surface area contributed by atoms with Crippen molar-refractivity contribution in [2.75, 3.05) is 0 Å². The Morgan fingerprint density at radius 1 is 1.18 bits per heavy atom. The molecule has 2 aromatic carbocycles. The summed E-state index contributed by atoms with van der Waals surface area (Å²) >= 11 is 5.86. The first-order valence-electron chi connectivity index (χ1n) is 5.99. The summed E-state index contributed by atoms with van der Waals surface area (Å²) in [5.41, 5.74) is 0.849. The first kappa shape index (κ1) is 16.4. The summed E-state index contributed by atoms with van der Waals surface area (Å²) in [5.74, 6) is -2.48. The van der Waals surface area contributed by atoms with Crippen LogP contribution in [0.4, 0.5) is 4.39 Å². The van der Waals surface area contributed by atoms with E-state index >= 15 is 0 Å². The number of carboxylic acids is 1. The zero-order valence-corrected chi connectivity index (χ0v) is 12.7. The minimum atomic E-state index is -3.83. The van der Waals surface area contributed by atoms with Gasteiger partial charge in [-0.3, -0.25) is 0 Å². The molecule has 0 aliphatic heterocycles. The predicted octanol–water partition coefficient (Wildman–Crippen LogP) is 2.63. The molecule has 0 saturated carbocycles. The third kappa shape index (κ3) is 3.82. The summed E-state index contributed by atoms with van der Waals surface area (Å²) in [4.78, 5) is 10.9. The quantitative estimate of drug-likeness (QED) is 0.891. The molecular weight excluding hydrogens is 333 g/mol. The molecule has 5 nitrogen and oxygen atoms in total. The van der Waals surface area contributed by atoms with Crippen molar-refractivity contribution in [2.24, 2.45) is 5.14 Å². The van der Waals surface area contributed by atoms with Gasteiger partial charge in [-0.05, 0) is 29.3 Å². The van der Waals surface area contributed by atoms with Crippen molar-refractivity contribution in [2.45, 2.75) is 5.75 Å². The molecule has 0 aromatic heterocycles. The van der Waals surface area contributed by atoms with E-state index in [2.05, 4.69) is 0 Å². The van der Waals surface area contributed by atoms with Crippen LogP contribution in [-0.2, 0) is 15.8 Å². The van der Waals surface area contributed by atoms with Gasteiger partial charge in [0, 0.05) is 5.56 Å². The van der Waals surface area contributed by atoms with Crippen LogP contribution in [-0.4, -0.2) is 19.5 Å². The number of hydrogen-bond donors (Lipinski definition) is 2. The number of hydrogen-bond acceptors (Lipinski definition) is 3. The molecule has 0 fully saturated rings. The summed E-state index contributed by atoms with van der Waals surface area (Å²) in [7, 11) is -3.83. The Hall–Kier alpha value is -1.96. The van der Waals surface area contributed by atoms with Crippen molar-refractivity contribution < 1.29 is 22.7 Å². The van der Waals surface area contributed by atoms with E-state index in [0.29, 0.717) is 11.1 Å². The van der Waals surface area contributed by atoms with Gasteiger partial charge >= 0.3 is 5.97 Å². The van der Waals surface area contributed by atoms with E-state index in [1.807, 2.05) is 0 Å². The van der Waals surface area contributed by atoms with Crippen LogP contribution in [0.1, 0.15) is 15.9 Å². The molecule has 0 aliphatic rings. The number of carboxylic acid groups (broad SMARTS) is 1. The third-order valence-electron chi connectivity index (χ3n) is 2.94. The first-order valence-corrected chi connectivity index (χ1v) is 8.09. The summed E-state index contributed by atoms with van der Waals surface area (Å²) < 4.78 is 35.9. The van der Waals surface area contributed by atoms with Gasteiger partial charge in [0.25, 0.3) is 0 Å². The van der Waals surface area contributed by atoms with Crippen LogP contribution in [0.3, 0.4) is 0 Å². The van der Waals surface area contributed by atoms with Crippen molar-refractivity contribution in [3.8, 4) is 11.1 Å². The number of nitrogens with two attached hydrogens (primary N) is 1. The maximum absolute atomic E-state index is 13.9. The summed E-state index contributed by atoms with van der Waals surface area (Å²) in [6, 6.07) is 8.18. The lowest BCUT2D eigenvalue weighted by Crippen LogP contribution is -2.15. The fraction of sp³-hybridized carbons (Fsp3) is 0.0714. The molecular formula is C14H11ClFNO4S. The van der Waals surface area contributed by atoms with Crippen LogP contribution in [0.5, 0.6) is 0 Å². The van der Waals surface area contributed by atoms with E-state index in [9.17, 15) is 17.6 Å². The van der Waals surface area contributed by atoms with Crippen molar-refractivity contribution in [1.82, 2.24) is 0 Å². The third-order valence-corrected chi connectivity index (χ3v) is 3.97. The molecule has 3 N–H and O–H groups in total. The number of sulfonamides is 1. The molecule has 8 heteroatoms. The Labute approximate surface area is 131 Å². The van der Waals surface area contributed by atoms with Crippen LogP contribution in [0.25, 0.3) is 11.1 Å². The average Bonchev–Trinajstić information content (AvgIpc) is 2.39. The highest BCUT2D eigenvalue weighted by atomic mass is 35.5. The van der Waals surface area contributed by atoms with Crippen molar-refractivity contribution >= 4 is 27.6 Å². The standard InChI is InChI=1S/C14H11ClFNO4S/c15-12-5-8(3-4-11(12)14(18)19)9-1-2-10(13(16)6-9)7-22(17,20)21/h1-6H,7H2,(H,18,19)(H2,17,20,21). The van der Waals surface area contributed by atoms with E-state index in [4.69, 9.17) is 21.8 Å². The Morgan fingerprint density at radius 3 is 2.27 bits per heavy atom. The number of primary sulfonamides is 1. The fourth-order valence-corrected chi connectivity index (χ4v) is 2.86. The molecule has 2 rings (SSSR count). The smallest absolute Gasteiger partial charge is 0.337 e. The maximum Gasteiger partial charge on any atom is 0.337 e. The average molecular weight is 344 g/mol. The second-order valence-electron chi connectivity index (χ2n) is 4.61. The lowest BCUT2D eigenvalue weighted by atomic mass is 10.0. The maximum atomic E-state index is 13.9. The Balaban J connectivity index is 2.40. The Morgan fingerprint density at radius 2 is 1.77 bits per heavy atom. The molecule has 22 heavy (non-hydrogen) atoms. The molecule has 0 atom stereocenters. The molecule has 0 bridgehead atoms. The first-order chi connectivity index (χ1) is 10.2. The molecule has 0 aliphatic carbocycles. The van der Waals surface area contributed by atoms with Gasteiger partial charge in [0.1, 0.15) is 5.82 Å². The number of rotatable bonds is 4. The van der Waals surface area contributed by atoms with Crippen molar-refractivity contribution in [3.63, 3.8) is 0 Å². The Kier molecular flexibility index (Phi) is 4.50. The SMILES string of the molecule is NS(=O)(=O)Cc1ccc(-c2ccc(C(=O)O)c(Cl)c2)cc1F. The molecule has 0 heterocycles. The van der Waals surface area contributed by atoms with Crippen LogP contribution in [0.2, 0.25) is 5.02 Å². The van der Waals surface area contributed by atoms with Gasteiger partial charge in [0.15, 0.2) is 0 Å². The minimum absolute atomic E-state index is 0.0269. The van der Waals surface area contributed by atoms with E-state index in [-0.39, 0.29) is 16.1 Å². The van der Waals surface area contributed by atoms with E-state index in [1.54, 1.807) is 0 Å².